The van der Waals surface area contributed by atoms with E-state index in [1.54, 1.807) is 0 Å². The van der Waals surface area contributed by atoms with Gasteiger partial charge in [-0.05, 0) is 36.5 Å². The highest BCUT2D eigenvalue weighted by Gasteiger charge is 2.08. The molecule has 4 nitrogen and oxygen atoms in total. The number of thiocarbonyl (C=S) groups is 1. The standard InChI is InChI=1S/C16H16N4S/c21-16(19-13-6-2-1-3-7-13)20-14-8-4-5-12(11-14)15-17-9-10-18-15/h1-8,11H,9-10H2,(H,17,18)(H2,19,20,21). The maximum atomic E-state index is 5.33. The van der Waals surface area contributed by atoms with Crippen LogP contribution in [0.2, 0.25) is 0 Å². The van der Waals surface area contributed by atoms with Gasteiger partial charge in [0.1, 0.15) is 5.84 Å². The van der Waals surface area contributed by atoms with Gasteiger partial charge in [-0.15, -0.1) is 0 Å². The van der Waals surface area contributed by atoms with Gasteiger partial charge in [-0.25, -0.2) is 0 Å². The van der Waals surface area contributed by atoms with Crippen LogP contribution in [-0.2, 0) is 0 Å². The van der Waals surface area contributed by atoms with E-state index in [1.807, 2.05) is 54.6 Å². The molecule has 0 atom stereocenters. The number of rotatable bonds is 3. The SMILES string of the molecule is S=C(Nc1ccccc1)Nc1cccc(C2=NCCN2)c1. The van der Waals surface area contributed by atoms with Gasteiger partial charge in [-0.1, -0.05) is 30.3 Å². The van der Waals surface area contributed by atoms with Crippen LogP contribution in [0.5, 0.6) is 0 Å². The fourth-order valence-corrected chi connectivity index (χ4v) is 2.39. The second-order valence-electron chi connectivity index (χ2n) is 4.68. The van der Waals surface area contributed by atoms with Crippen LogP contribution >= 0.6 is 12.2 Å². The predicted molar refractivity (Wildman–Crippen MR) is 92.1 cm³/mol. The number of amidine groups is 1. The molecule has 3 N–H and O–H groups in total. The first-order chi connectivity index (χ1) is 10.3. The Bertz CT molecular complexity index is 667. The van der Waals surface area contributed by atoms with Crippen LogP contribution in [-0.4, -0.2) is 24.0 Å². The molecule has 1 aliphatic rings. The van der Waals surface area contributed by atoms with E-state index in [0.717, 1.165) is 35.9 Å². The average Bonchev–Trinajstić information content (AvgIpc) is 3.02. The normalized spacial score (nSPS) is 13.2. The largest absolute Gasteiger partial charge is 0.368 e. The fraction of sp³-hybridized carbons (Fsp3) is 0.125. The number of para-hydroxylation sites is 1. The maximum Gasteiger partial charge on any atom is 0.175 e. The van der Waals surface area contributed by atoms with Crippen LogP contribution in [0.3, 0.4) is 0 Å². The predicted octanol–water partition coefficient (Wildman–Crippen LogP) is 2.85. The van der Waals surface area contributed by atoms with Gasteiger partial charge in [-0.2, -0.15) is 0 Å². The van der Waals surface area contributed by atoms with Crippen molar-refractivity contribution in [1.29, 1.82) is 0 Å². The quantitative estimate of drug-likeness (QED) is 0.762. The molecule has 5 heteroatoms. The Morgan fingerprint density at radius 1 is 1.00 bits per heavy atom. The van der Waals surface area contributed by atoms with E-state index in [1.165, 1.54) is 0 Å². The molecule has 0 unspecified atom stereocenters. The van der Waals surface area contributed by atoms with Crippen LogP contribution in [0.25, 0.3) is 0 Å². The third-order valence-corrected chi connectivity index (χ3v) is 3.30. The Morgan fingerprint density at radius 2 is 1.76 bits per heavy atom. The fourth-order valence-electron chi connectivity index (χ4n) is 2.15. The first-order valence-electron chi connectivity index (χ1n) is 6.83. The number of nitrogens with one attached hydrogen (secondary N) is 3. The summed E-state index contributed by atoms with van der Waals surface area (Å²) in [7, 11) is 0. The molecule has 2 aromatic rings. The van der Waals surface area contributed by atoms with Crippen LogP contribution in [0.1, 0.15) is 5.56 Å². The minimum atomic E-state index is 0.569. The summed E-state index contributed by atoms with van der Waals surface area (Å²) in [6.45, 7) is 1.74. The van der Waals surface area contributed by atoms with Crippen molar-refractivity contribution in [1.82, 2.24) is 5.32 Å². The average molecular weight is 296 g/mol. The van der Waals surface area contributed by atoms with Gasteiger partial charge < -0.3 is 16.0 Å². The van der Waals surface area contributed by atoms with E-state index < -0.39 is 0 Å². The van der Waals surface area contributed by atoms with Crippen LogP contribution < -0.4 is 16.0 Å². The molecule has 1 aliphatic heterocycles. The van der Waals surface area contributed by atoms with Crippen molar-refractivity contribution in [2.75, 3.05) is 23.7 Å². The smallest absolute Gasteiger partial charge is 0.175 e. The highest BCUT2D eigenvalue weighted by molar-refractivity contribution is 7.80. The summed E-state index contributed by atoms with van der Waals surface area (Å²) in [5, 5.41) is 10.2. The highest BCUT2D eigenvalue weighted by Crippen LogP contribution is 2.13. The van der Waals surface area contributed by atoms with Crippen LogP contribution in [0, 0.1) is 0 Å². The van der Waals surface area contributed by atoms with E-state index in [4.69, 9.17) is 12.2 Å². The van der Waals surface area contributed by atoms with E-state index >= 15 is 0 Å². The van der Waals surface area contributed by atoms with Crippen LogP contribution in [0.4, 0.5) is 11.4 Å². The number of aliphatic imine (C=N–C) groups is 1. The van der Waals surface area contributed by atoms with Crippen molar-refractivity contribution in [3.05, 3.63) is 60.2 Å². The molecule has 2 aromatic carbocycles. The van der Waals surface area contributed by atoms with Gasteiger partial charge in [0, 0.05) is 23.5 Å². The van der Waals surface area contributed by atoms with Gasteiger partial charge in [0.05, 0.1) is 6.54 Å². The molecule has 0 saturated carbocycles. The summed E-state index contributed by atoms with van der Waals surface area (Å²) in [5.74, 6) is 0.945. The second-order valence-corrected chi connectivity index (χ2v) is 5.09. The number of hydrogen-bond donors (Lipinski definition) is 3. The van der Waals surface area contributed by atoms with E-state index in [0.29, 0.717) is 5.11 Å². The molecule has 0 aliphatic carbocycles. The molecular formula is C16H16N4S. The zero-order valence-corrected chi connectivity index (χ0v) is 12.3. The summed E-state index contributed by atoms with van der Waals surface area (Å²) in [5.41, 5.74) is 2.98. The Labute approximate surface area is 129 Å². The second kappa shape index (κ2) is 6.37. The molecule has 21 heavy (non-hydrogen) atoms. The van der Waals surface area contributed by atoms with E-state index in [2.05, 4.69) is 20.9 Å². The summed E-state index contributed by atoms with van der Waals surface area (Å²) >= 11 is 5.33. The minimum absolute atomic E-state index is 0.569. The maximum absolute atomic E-state index is 5.33. The third-order valence-electron chi connectivity index (χ3n) is 3.10. The van der Waals surface area contributed by atoms with Crippen molar-refractivity contribution in [2.45, 2.75) is 0 Å². The number of anilines is 2. The van der Waals surface area contributed by atoms with Gasteiger partial charge >= 0.3 is 0 Å². The molecular weight excluding hydrogens is 280 g/mol. The molecule has 0 saturated heterocycles. The molecule has 3 rings (SSSR count). The number of benzene rings is 2. The zero-order chi connectivity index (χ0) is 14.5. The van der Waals surface area contributed by atoms with Crippen molar-refractivity contribution >= 4 is 34.5 Å². The summed E-state index contributed by atoms with van der Waals surface area (Å²) < 4.78 is 0. The van der Waals surface area contributed by atoms with E-state index in [-0.39, 0.29) is 0 Å². The minimum Gasteiger partial charge on any atom is -0.368 e. The van der Waals surface area contributed by atoms with E-state index in [9.17, 15) is 0 Å². The lowest BCUT2D eigenvalue weighted by atomic mass is 10.2. The molecule has 0 amide bonds. The number of hydrogen-bond acceptors (Lipinski definition) is 3. The first-order valence-corrected chi connectivity index (χ1v) is 7.24. The molecule has 0 fully saturated rings. The van der Waals surface area contributed by atoms with Gasteiger partial charge in [0.15, 0.2) is 5.11 Å². The molecule has 0 spiro atoms. The van der Waals surface area contributed by atoms with Crippen molar-refractivity contribution in [3.8, 4) is 0 Å². The molecule has 0 bridgehead atoms. The van der Waals surface area contributed by atoms with Gasteiger partial charge in [0.2, 0.25) is 0 Å². The lowest BCUT2D eigenvalue weighted by Crippen LogP contribution is -2.21. The molecule has 1 heterocycles. The first kappa shape index (κ1) is 13.6. The molecule has 0 aromatic heterocycles. The Morgan fingerprint density at radius 3 is 2.52 bits per heavy atom. The van der Waals surface area contributed by atoms with Crippen molar-refractivity contribution in [2.24, 2.45) is 4.99 Å². The van der Waals surface area contributed by atoms with Crippen molar-refractivity contribution < 1.29 is 0 Å². The molecule has 0 radical (unpaired) electrons. The Kier molecular flexibility index (Phi) is 4.12. The van der Waals surface area contributed by atoms with Gasteiger partial charge in [0.25, 0.3) is 0 Å². The lowest BCUT2D eigenvalue weighted by molar-refractivity contribution is 0.960. The topological polar surface area (TPSA) is 48.5 Å². The summed E-state index contributed by atoms with van der Waals surface area (Å²) in [6, 6.07) is 17.9. The number of nitrogens with zero attached hydrogens (tertiary/aromatic N) is 1. The van der Waals surface area contributed by atoms with Crippen molar-refractivity contribution in [3.63, 3.8) is 0 Å². The third kappa shape index (κ3) is 3.58. The molecule has 106 valence electrons. The monoisotopic (exact) mass is 296 g/mol. The Balaban J connectivity index is 1.67. The van der Waals surface area contributed by atoms with Gasteiger partial charge in [-0.3, -0.25) is 4.99 Å². The highest BCUT2D eigenvalue weighted by atomic mass is 32.1. The zero-order valence-electron chi connectivity index (χ0n) is 11.5. The Hall–Kier alpha value is -2.40. The summed E-state index contributed by atoms with van der Waals surface area (Å²) in [4.78, 5) is 4.42. The van der Waals surface area contributed by atoms with Crippen LogP contribution in [0.15, 0.2) is 59.6 Å². The summed E-state index contributed by atoms with van der Waals surface area (Å²) in [6.07, 6.45) is 0. The lowest BCUT2D eigenvalue weighted by Gasteiger charge is -2.11.